The van der Waals surface area contributed by atoms with Gasteiger partial charge in [-0.05, 0) is 48.9 Å². The van der Waals surface area contributed by atoms with E-state index in [1.165, 1.54) is 0 Å². The first kappa shape index (κ1) is 14.3. The SMILES string of the molecule is COc1ccc(Cl)cc1CC(C)(C)CC(C)N. The minimum absolute atomic E-state index is 0.145. The van der Waals surface area contributed by atoms with Crippen molar-refractivity contribution in [2.75, 3.05) is 7.11 Å². The number of methoxy groups -OCH3 is 1. The van der Waals surface area contributed by atoms with Crippen LogP contribution in [0.1, 0.15) is 32.8 Å². The maximum Gasteiger partial charge on any atom is 0.122 e. The van der Waals surface area contributed by atoms with Crippen LogP contribution in [0, 0.1) is 5.41 Å². The minimum Gasteiger partial charge on any atom is -0.496 e. The van der Waals surface area contributed by atoms with Gasteiger partial charge in [0.1, 0.15) is 5.75 Å². The highest BCUT2D eigenvalue weighted by atomic mass is 35.5. The zero-order chi connectivity index (χ0) is 13.1. The second-order valence-corrected chi connectivity index (χ2v) is 5.92. The van der Waals surface area contributed by atoms with Gasteiger partial charge in [-0.1, -0.05) is 25.4 Å². The molecule has 2 N–H and O–H groups in total. The van der Waals surface area contributed by atoms with Crippen molar-refractivity contribution in [3.63, 3.8) is 0 Å². The van der Waals surface area contributed by atoms with Gasteiger partial charge in [-0.15, -0.1) is 0 Å². The normalized spacial score (nSPS) is 13.5. The molecule has 0 aliphatic heterocycles. The van der Waals surface area contributed by atoms with E-state index in [0.29, 0.717) is 0 Å². The Balaban J connectivity index is 2.89. The summed E-state index contributed by atoms with van der Waals surface area (Å²) in [6, 6.07) is 5.95. The maximum absolute atomic E-state index is 6.03. The average Bonchev–Trinajstić information content (AvgIpc) is 2.14. The van der Waals surface area contributed by atoms with Crippen LogP contribution < -0.4 is 10.5 Å². The highest BCUT2D eigenvalue weighted by Crippen LogP contribution is 2.32. The third kappa shape index (κ3) is 4.57. The van der Waals surface area contributed by atoms with E-state index in [4.69, 9.17) is 22.1 Å². The van der Waals surface area contributed by atoms with Crippen molar-refractivity contribution in [2.45, 2.75) is 39.7 Å². The van der Waals surface area contributed by atoms with Crippen molar-refractivity contribution in [2.24, 2.45) is 11.1 Å². The molecule has 1 atom stereocenters. The second kappa shape index (κ2) is 5.74. The third-order valence-corrected chi connectivity index (χ3v) is 3.02. The highest BCUT2D eigenvalue weighted by Gasteiger charge is 2.22. The molecule has 1 aromatic carbocycles. The number of ether oxygens (including phenoxy) is 1. The molecule has 96 valence electrons. The minimum atomic E-state index is 0.145. The van der Waals surface area contributed by atoms with Crippen molar-refractivity contribution in [3.8, 4) is 5.75 Å². The molecule has 1 rings (SSSR count). The Bertz CT molecular complexity index is 374. The van der Waals surface area contributed by atoms with Gasteiger partial charge in [0.25, 0.3) is 0 Å². The lowest BCUT2D eigenvalue weighted by molar-refractivity contribution is 0.303. The fourth-order valence-corrected chi connectivity index (χ4v) is 2.54. The van der Waals surface area contributed by atoms with Gasteiger partial charge in [-0.25, -0.2) is 0 Å². The monoisotopic (exact) mass is 255 g/mol. The standard InChI is InChI=1S/C14H22ClNO/c1-10(16)8-14(2,3)9-11-7-12(15)5-6-13(11)17-4/h5-7,10H,8-9,16H2,1-4H3. The molecule has 17 heavy (non-hydrogen) atoms. The predicted molar refractivity (Wildman–Crippen MR) is 73.8 cm³/mol. The maximum atomic E-state index is 6.03. The summed E-state index contributed by atoms with van der Waals surface area (Å²) in [5.74, 6) is 0.896. The summed E-state index contributed by atoms with van der Waals surface area (Å²) in [6.45, 7) is 6.48. The van der Waals surface area contributed by atoms with E-state index in [1.54, 1.807) is 7.11 Å². The van der Waals surface area contributed by atoms with E-state index in [9.17, 15) is 0 Å². The Morgan fingerprint density at radius 2 is 2.06 bits per heavy atom. The molecule has 0 aliphatic carbocycles. The fraction of sp³-hybridized carbons (Fsp3) is 0.571. The van der Waals surface area contributed by atoms with Crippen LogP contribution in [0.4, 0.5) is 0 Å². The van der Waals surface area contributed by atoms with Crippen LogP contribution in [0.3, 0.4) is 0 Å². The van der Waals surface area contributed by atoms with Gasteiger partial charge < -0.3 is 10.5 Å². The van der Waals surface area contributed by atoms with E-state index in [2.05, 4.69) is 13.8 Å². The molecule has 1 unspecified atom stereocenters. The van der Waals surface area contributed by atoms with E-state index in [1.807, 2.05) is 25.1 Å². The molecular formula is C14H22ClNO. The Morgan fingerprint density at radius 3 is 2.59 bits per heavy atom. The van der Waals surface area contributed by atoms with Crippen LogP contribution in [0.15, 0.2) is 18.2 Å². The van der Waals surface area contributed by atoms with Gasteiger partial charge in [0.05, 0.1) is 7.11 Å². The fourth-order valence-electron chi connectivity index (χ4n) is 2.34. The van der Waals surface area contributed by atoms with Gasteiger partial charge in [-0.3, -0.25) is 0 Å². The van der Waals surface area contributed by atoms with Gasteiger partial charge in [0.2, 0.25) is 0 Å². The predicted octanol–water partition coefficient (Wildman–Crippen LogP) is 3.65. The van der Waals surface area contributed by atoms with E-state index in [0.717, 1.165) is 29.2 Å². The Hall–Kier alpha value is -0.730. The third-order valence-electron chi connectivity index (χ3n) is 2.79. The Labute approximate surface area is 109 Å². The first-order valence-electron chi connectivity index (χ1n) is 5.92. The van der Waals surface area contributed by atoms with Crippen molar-refractivity contribution in [3.05, 3.63) is 28.8 Å². The van der Waals surface area contributed by atoms with Crippen LogP contribution in [-0.4, -0.2) is 13.2 Å². The molecule has 0 heterocycles. The van der Waals surface area contributed by atoms with Gasteiger partial charge in [-0.2, -0.15) is 0 Å². The molecule has 0 aliphatic rings. The summed E-state index contributed by atoms with van der Waals surface area (Å²) in [7, 11) is 1.69. The molecule has 1 aromatic rings. The van der Waals surface area contributed by atoms with Crippen LogP contribution in [-0.2, 0) is 6.42 Å². The largest absolute Gasteiger partial charge is 0.496 e. The molecule has 0 fully saturated rings. The molecule has 0 aromatic heterocycles. The van der Waals surface area contributed by atoms with Gasteiger partial charge in [0, 0.05) is 11.1 Å². The molecule has 3 heteroatoms. The Morgan fingerprint density at radius 1 is 1.41 bits per heavy atom. The van der Waals surface area contributed by atoms with E-state index in [-0.39, 0.29) is 11.5 Å². The smallest absolute Gasteiger partial charge is 0.122 e. The van der Waals surface area contributed by atoms with Gasteiger partial charge >= 0.3 is 0 Å². The summed E-state index contributed by atoms with van der Waals surface area (Å²) < 4.78 is 5.36. The highest BCUT2D eigenvalue weighted by molar-refractivity contribution is 6.30. The van der Waals surface area contributed by atoms with Crippen LogP contribution in [0.2, 0.25) is 5.02 Å². The first-order chi connectivity index (χ1) is 7.84. The summed E-state index contributed by atoms with van der Waals surface area (Å²) in [6.07, 6.45) is 1.89. The zero-order valence-electron chi connectivity index (χ0n) is 11.1. The van der Waals surface area contributed by atoms with E-state index < -0.39 is 0 Å². The zero-order valence-corrected chi connectivity index (χ0v) is 11.8. The second-order valence-electron chi connectivity index (χ2n) is 5.48. The number of benzene rings is 1. The van der Waals surface area contributed by atoms with Crippen molar-refractivity contribution >= 4 is 11.6 Å². The van der Waals surface area contributed by atoms with Crippen molar-refractivity contribution < 1.29 is 4.74 Å². The summed E-state index contributed by atoms with van der Waals surface area (Å²) in [5.41, 5.74) is 7.16. The van der Waals surface area contributed by atoms with Crippen LogP contribution in [0.5, 0.6) is 5.75 Å². The first-order valence-corrected chi connectivity index (χ1v) is 6.30. The van der Waals surface area contributed by atoms with Gasteiger partial charge in [0.15, 0.2) is 0 Å². The topological polar surface area (TPSA) is 35.2 Å². The molecule has 0 radical (unpaired) electrons. The molecule has 0 saturated heterocycles. The quantitative estimate of drug-likeness (QED) is 0.872. The summed E-state index contributed by atoms with van der Waals surface area (Å²) in [4.78, 5) is 0. The number of rotatable bonds is 5. The van der Waals surface area contributed by atoms with Crippen molar-refractivity contribution in [1.82, 2.24) is 0 Å². The average molecular weight is 256 g/mol. The molecule has 0 amide bonds. The molecule has 0 saturated carbocycles. The molecule has 2 nitrogen and oxygen atoms in total. The lowest BCUT2D eigenvalue weighted by Gasteiger charge is -2.27. The number of halogens is 1. The number of hydrogen-bond acceptors (Lipinski definition) is 2. The van der Waals surface area contributed by atoms with E-state index >= 15 is 0 Å². The Kier molecular flexibility index (Phi) is 4.84. The molecular weight excluding hydrogens is 234 g/mol. The lowest BCUT2D eigenvalue weighted by Crippen LogP contribution is -2.26. The molecule has 0 spiro atoms. The van der Waals surface area contributed by atoms with Crippen LogP contribution >= 0.6 is 11.6 Å². The summed E-state index contributed by atoms with van der Waals surface area (Å²) in [5, 5.41) is 0.748. The lowest BCUT2D eigenvalue weighted by atomic mass is 9.80. The van der Waals surface area contributed by atoms with Crippen LogP contribution in [0.25, 0.3) is 0 Å². The summed E-state index contributed by atoms with van der Waals surface area (Å²) >= 11 is 6.03. The number of nitrogens with two attached hydrogens (primary N) is 1. The number of hydrogen-bond donors (Lipinski definition) is 1. The molecule has 0 bridgehead atoms. The van der Waals surface area contributed by atoms with Crippen molar-refractivity contribution in [1.29, 1.82) is 0 Å².